The molecule has 1 aromatic heterocycles. The summed E-state index contributed by atoms with van der Waals surface area (Å²) in [5.74, 6) is -1.74. The normalized spacial score (nSPS) is 23.3. The summed E-state index contributed by atoms with van der Waals surface area (Å²) in [6, 6.07) is 15.3. The minimum atomic E-state index is -0.903. The van der Waals surface area contributed by atoms with Gasteiger partial charge in [-0.05, 0) is 48.1 Å². The zero-order valence-electron chi connectivity index (χ0n) is 16.9. The fraction of sp³-hybridized carbons (Fsp3) is 0.250. The number of fused-ring (bicyclic) bond motifs is 3. The van der Waals surface area contributed by atoms with Crippen LogP contribution in [-0.4, -0.2) is 22.0 Å². The maximum Gasteiger partial charge on any atom is 0.307 e. The van der Waals surface area contributed by atoms with Crippen molar-refractivity contribution in [1.29, 1.82) is 5.26 Å². The number of aromatic nitrogens is 1. The molecule has 2 bridgehead atoms. The Labute approximate surface area is 193 Å². The second-order valence-electron chi connectivity index (χ2n) is 8.05. The Morgan fingerprint density at radius 2 is 1.97 bits per heavy atom. The van der Waals surface area contributed by atoms with Crippen molar-refractivity contribution in [2.45, 2.75) is 16.5 Å². The Morgan fingerprint density at radius 1 is 1.19 bits per heavy atom. The molecule has 6 nitrogen and oxygen atoms in total. The van der Waals surface area contributed by atoms with Crippen molar-refractivity contribution in [2.24, 2.45) is 23.7 Å². The van der Waals surface area contributed by atoms with Gasteiger partial charge in [0, 0.05) is 11.4 Å². The highest BCUT2D eigenvalue weighted by Gasteiger charge is 2.51. The number of allylic oxidation sites excluding steroid dienone is 2. The molecule has 4 atom stereocenters. The van der Waals surface area contributed by atoms with Gasteiger partial charge in [-0.15, -0.1) is 11.3 Å². The van der Waals surface area contributed by atoms with Crippen molar-refractivity contribution >= 4 is 50.9 Å². The van der Waals surface area contributed by atoms with Gasteiger partial charge >= 0.3 is 5.97 Å². The summed E-state index contributed by atoms with van der Waals surface area (Å²) in [5.41, 5.74) is 3.13. The third-order valence-corrected chi connectivity index (χ3v) is 8.38. The standard InChI is InChI=1S/C24H19N3O3S2/c25-11-15-3-1-2-4-16(15)12-31-24-27-18-8-7-17(10-19(18)32-24)26-22(28)20-13-5-6-14(9-13)21(20)23(29)30/h1-8,10,13-14,20-21H,9,12H2,(H,26,28)(H,29,30)/t13-,14-,20-,21+/m0/s1. The molecule has 1 heterocycles. The van der Waals surface area contributed by atoms with Crippen LogP contribution in [-0.2, 0) is 15.3 Å². The Balaban J connectivity index is 1.30. The molecule has 160 valence electrons. The molecule has 2 aliphatic rings. The van der Waals surface area contributed by atoms with E-state index < -0.39 is 17.8 Å². The Kier molecular flexibility index (Phi) is 5.45. The van der Waals surface area contributed by atoms with Gasteiger partial charge in [-0.1, -0.05) is 42.1 Å². The van der Waals surface area contributed by atoms with E-state index in [-0.39, 0.29) is 17.7 Å². The summed E-state index contributed by atoms with van der Waals surface area (Å²) < 4.78 is 1.84. The molecule has 0 unspecified atom stereocenters. The monoisotopic (exact) mass is 461 g/mol. The van der Waals surface area contributed by atoms with E-state index in [0.717, 1.165) is 26.5 Å². The highest BCUT2D eigenvalue weighted by Crippen LogP contribution is 2.48. The smallest absolute Gasteiger partial charge is 0.307 e. The van der Waals surface area contributed by atoms with Gasteiger partial charge < -0.3 is 10.4 Å². The minimum Gasteiger partial charge on any atom is -0.481 e. The minimum absolute atomic E-state index is 0.00692. The van der Waals surface area contributed by atoms with Gasteiger partial charge in [0.15, 0.2) is 4.34 Å². The number of aliphatic carboxylic acids is 1. The SMILES string of the molecule is N#Cc1ccccc1CSc1nc2ccc(NC(=O)[C@@H]3[C@H](C(=O)O)[C@H]4C=C[C@H]3C4)cc2s1. The lowest BCUT2D eigenvalue weighted by Crippen LogP contribution is -2.36. The van der Waals surface area contributed by atoms with E-state index in [9.17, 15) is 20.0 Å². The number of nitrogens with zero attached hydrogens (tertiary/aromatic N) is 2. The first-order chi connectivity index (χ1) is 15.5. The maximum absolute atomic E-state index is 12.9. The molecule has 0 saturated heterocycles. The third-order valence-electron chi connectivity index (χ3n) is 6.17. The second kappa shape index (κ2) is 8.41. The van der Waals surface area contributed by atoms with Gasteiger partial charge in [0.1, 0.15) is 0 Å². The number of thioether (sulfide) groups is 1. The van der Waals surface area contributed by atoms with Crippen LogP contribution < -0.4 is 5.32 Å². The molecule has 0 radical (unpaired) electrons. The second-order valence-corrected chi connectivity index (χ2v) is 10.3. The van der Waals surface area contributed by atoms with Crippen molar-refractivity contribution < 1.29 is 14.7 Å². The quantitative estimate of drug-likeness (QED) is 0.399. The van der Waals surface area contributed by atoms with E-state index in [2.05, 4.69) is 16.4 Å². The van der Waals surface area contributed by atoms with Crippen molar-refractivity contribution in [3.63, 3.8) is 0 Å². The van der Waals surface area contributed by atoms with Gasteiger partial charge in [-0.2, -0.15) is 5.26 Å². The first-order valence-corrected chi connectivity index (χ1v) is 12.1. The molecular weight excluding hydrogens is 442 g/mol. The fourth-order valence-corrected chi connectivity index (χ4v) is 6.79. The number of anilines is 1. The van der Waals surface area contributed by atoms with Crippen molar-refractivity contribution in [2.75, 3.05) is 5.32 Å². The van der Waals surface area contributed by atoms with Crippen LogP contribution in [0.4, 0.5) is 5.69 Å². The summed E-state index contributed by atoms with van der Waals surface area (Å²) in [4.78, 5) is 29.3. The van der Waals surface area contributed by atoms with Crippen LogP contribution in [0.3, 0.4) is 0 Å². The van der Waals surface area contributed by atoms with Crippen LogP contribution in [0.2, 0.25) is 0 Å². The molecule has 0 aliphatic heterocycles. The Bertz CT molecular complexity index is 1290. The van der Waals surface area contributed by atoms with E-state index >= 15 is 0 Å². The molecular formula is C24H19N3O3S2. The van der Waals surface area contributed by atoms with Gasteiger partial charge in [0.2, 0.25) is 5.91 Å². The number of carboxylic acid groups (broad SMARTS) is 1. The molecule has 1 saturated carbocycles. The first kappa shape index (κ1) is 20.7. The fourth-order valence-electron chi connectivity index (χ4n) is 4.68. The van der Waals surface area contributed by atoms with Crippen LogP contribution in [0.25, 0.3) is 10.2 Å². The number of amides is 1. The number of benzene rings is 2. The number of nitriles is 1. The molecule has 0 spiro atoms. The van der Waals surface area contributed by atoms with E-state index in [1.807, 2.05) is 48.6 Å². The summed E-state index contributed by atoms with van der Waals surface area (Å²) >= 11 is 3.11. The molecule has 32 heavy (non-hydrogen) atoms. The number of carboxylic acids is 1. The van der Waals surface area contributed by atoms with Gasteiger partial charge in [0.25, 0.3) is 0 Å². The van der Waals surface area contributed by atoms with Crippen LogP contribution in [0.1, 0.15) is 17.5 Å². The van der Waals surface area contributed by atoms with Crippen LogP contribution >= 0.6 is 23.1 Å². The van der Waals surface area contributed by atoms with E-state index in [1.165, 1.54) is 11.3 Å². The predicted octanol–water partition coefficient (Wildman–Crippen LogP) is 4.92. The summed E-state index contributed by atoms with van der Waals surface area (Å²) in [5, 5.41) is 21.8. The topological polar surface area (TPSA) is 103 Å². The number of nitrogens with one attached hydrogen (secondary N) is 1. The Morgan fingerprint density at radius 3 is 2.75 bits per heavy atom. The average Bonchev–Trinajstić information content (AvgIpc) is 3.51. The number of carbonyl (C=O) groups excluding carboxylic acids is 1. The molecule has 2 aliphatic carbocycles. The first-order valence-electron chi connectivity index (χ1n) is 10.3. The number of hydrogen-bond donors (Lipinski definition) is 2. The third kappa shape index (κ3) is 3.78. The van der Waals surface area contributed by atoms with Crippen molar-refractivity contribution in [3.8, 4) is 6.07 Å². The lowest BCUT2D eigenvalue weighted by molar-refractivity contribution is -0.146. The summed E-state index contributed by atoms with van der Waals surface area (Å²) in [6.45, 7) is 0. The van der Waals surface area contributed by atoms with E-state index in [1.54, 1.807) is 17.8 Å². The largest absolute Gasteiger partial charge is 0.481 e. The highest BCUT2D eigenvalue weighted by molar-refractivity contribution is 8.00. The molecule has 1 amide bonds. The van der Waals surface area contributed by atoms with E-state index in [0.29, 0.717) is 17.0 Å². The average molecular weight is 462 g/mol. The molecule has 3 aromatic rings. The van der Waals surface area contributed by atoms with Crippen LogP contribution in [0, 0.1) is 35.0 Å². The van der Waals surface area contributed by atoms with Crippen molar-refractivity contribution in [3.05, 3.63) is 65.7 Å². The number of thiazole rings is 1. The number of hydrogen-bond acceptors (Lipinski definition) is 6. The lowest BCUT2D eigenvalue weighted by Gasteiger charge is -2.23. The van der Waals surface area contributed by atoms with E-state index in [4.69, 9.17) is 0 Å². The Hall–Kier alpha value is -3.15. The summed E-state index contributed by atoms with van der Waals surface area (Å²) in [7, 11) is 0. The van der Waals surface area contributed by atoms with Crippen molar-refractivity contribution in [1.82, 2.24) is 4.98 Å². The molecule has 8 heteroatoms. The summed E-state index contributed by atoms with van der Waals surface area (Å²) in [6.07, 6.45) is 4.65. The number of carbonyl (C=O) groups is 2. The maximum atomic E-state index is 12.9. The molecule has 2 aromatic carbocycles. The zero-order valence-corrected chi connectivity index (χ0v) is 18.5. The van der Waals surface area contributed by atoms with Gasteiger partial charge in [-0.25, -0.2) is 4.98 Å². The predicted molar refractivity (Wildman–Crippen MR) is 124 cm³/mol. The van der Waals surface area contributed by atoms with Gasteiger partial charge in [0.05, 0.1) is 33.7 Å². The molecule has 5 rings (SSSR count). The zero-order chi connectivity index (χ0) is 22.2. The molecule has 2 N–H and O–H groups in total. The lowest BCUT2D eigenvalue weighted by atomic mass is 9.82. The molecule has 1 fully saturated rings. The highest BCUT2D eigenvalue weighted by atomic mass is 32.2. The van der Waals surface area contributed by atoms with Gasteiger partial charge in [-0.3, -0.25) is 9.59 Å². The van der Waals surface area contributed by atoms with Crippen LogP contribution in [0.15, 0.2) is 59.0 Å². The van der Waals surface area contributed by atoms with Crippen LogP contribution in [0.5, 0.6) is 0 Å². The number of rotatable bonds is 6.